The summed E-state index contributed by atoms with van der Waals surface area (Å²) in [6.45, 7) is 4.45. The number of likely N-dealkylation sites (tertiary alicyclic amines) is 1. The second kappa shape index (κ2) is 9.47. The third kappa shape index (κ3) is 5.03. The fourth-order valence-electron chi connectivity index (χ4n) is 3.63. The maximum atomic E-state index is 12.9. The average Bonchev–Trinajstić information content (AvgIpc) is 3.24. The van der Waals surface area contributed by atoms with Crippen LogP contribution in [0, 0.1) is 6.92 Å². The van der Waals surface area contributed by atoms with Gasteiger partial charge >= 0.3 is 0 Å². The topological polar surface area (TPSA) is 69.7 Å². The van der Waals surface area contributed by atoms with Crippen LogP contribution in [-0.4, -0.2) is 57.3 Å². The number of sulfonamides is 1. The zero-order valence-corrected chi connectivity index (χ0v) is 19.1. The van der Waals surface area contributed by atoms with Crippen LogP contribution in [0.3, 0.4) is 0 Å². The van der Waals surface area contributed by atoms with Crippen molar-refractivity contribution in [1.29, 1.82) is 0 Å². The van der Waals surface area contributed by atoms with E-state index in [1.807, 2.05) is 6.92 Å². The molecular formula is C22H28ClN3O3S. The SMILES string of the molecule is Cc1ccc(C(CNC(=O)c2cc(S(=O)(=O)N(C)C)ccc2Cl)N2CCCC2)cc1. The Morgan fingerprint density at radius 1 is 1.13 bits per heavy atom. The first kappa shape index (κ1) is 22.7. The molecule has 1 N–H and O–H groups in total. The Balaban J connectivity index is 1.81. The molecule has 1 saturated heterocycles. The van der Waals surface area contributed by atoms with Crippen molar-refractivity contribution in [2.75, 3.05) is 33.7 Å². The molecule has 30 heavy (non-hydrogen) atoms. The fourth-order valence-corrected chi connectivity index (χ4v) is 4.77. The zero-order chi connectivity index (χ0) is 21.9. The number of nitrogens with zero attached hydrogens (tertiary/aromatic N) is 2. The number of hydrogen-bond donors (Lipinski definition) is 1. The molecule has 2 aromatic rings. The summed E-state index contributed by atoms with van der Waals surface area (Å²) in [7, 11) is -0.754. The quantitative estimate of drug-likeness (QED) is 0.702. The molecule has 162 valence electrons. The fraction of sp³-hybridized carbons (Fsp3) is 0.409. The van der Waals surface area contributed by atoms with E-state index in [1.165, 1.54) is 37.9 Å². The van der Waals surface area contributed by atoms with E-state index in [0.717, 1.165) is 35.8 Å². The van der Waals surface area contributed by atoms with Gasteiger partial charge in [0.1, 0.15) is 0 Å². The summed E-state index contributed by atoms with van der Waals surface area (Å²) in [4.78, 5) is 15.3. The van der Waals surface area contributed by atoms with E-state index < -0.39 is 10.0 Å². The molecule has 0 aliphatic carbocycles. The van der Waals surface area contributed by atoms with E-state index in [4.69, 9.17) is 11.6 Å². The number of benzene rings is 2. The third-order valence-corrected chi connectivity index (χ3v) is 7.60. The first-order chi connectivity index (χ1) is 14.2. The molecule has 1 amide bonds. The molecular weight excluding hydrogens is 422 g/mol. The van der Waals surface area contributed by atoms with Crippen LogP contribution in [0.15, 0.2) is 47.4 Å². The first-order valence-corrected chi connectivity index (χ1v) is 11.8. The van der Waals surface area contributed by atoms with Gasteiger partial charge in [-0.25, -0.2) is 12.7 Å². The number of aryl methyl sites for hydroxylation is 1. The lowest BCUT2D eigenvalue weighted by atomic mass is 10.0. The van der Waals surface area contributed by atoms with Gasteiger partial charge in [-0.05, 0) is 56.6 Å². The van der Waals surface area contributed by atoms with Crippen LogP contribution in [0.5, 0.6) is 0 Å². The Morgan fingerprint density at radius 2 is 1.77 bits per heavy atom. The molecule has 2 aromatic carbocycles. The minimum absolute atomic E-state index is 0.0386. The molecule has 6 nitrogen and oxygen atoms in total. The van der Waals surface area contributed by atoms with Gasteiger partial charge in [0.15, 0.2) is 0 Å². The number of halogens is 1. The van der Waals surface area contributed by atoms with Crippen LogP contribution in [0.2, 0.25) is 5.02 Å². The maximum Gasteiger partial charge on any atom is 0.252 e. The number of hydrogen-bond acceptors (Lipinski definition) is 4. The Kier molecular flexibility index (Phi) is 7.18. The average molecular weight is 450 g/mol. The molecule has 8 heteroatoms. The van der Waals surface area contributed by atoms with Gasteiger partial charge in [-0.3, -0.25) is 9.69 Å². The van der Waals surface area contributed by atoms with Crippen LogP contribution in [0.4, 0.5) is 0 Å². The molecule has 1 aliphatic rings. The highest BCUT2D eigenvalue weighted by Crippen LogP contribution is 2.26. The number of carbonyl (C=O) groups excluding carboxylic acids is 1. The van der Waals surface area contributed by atoms with Crippen molar-refractivity contribution >= 4 is 27.5 Å². The normalized spacial score (nSPS) is 16.0. The Morgan fingerprint density at radius 3 is 2.37 bits per heavy atom. The highest BCUT2D eigenvalue weighted by molar-refractivity contribution is 7.89. The van der Waals surface area contributed by atoms with Gasteiger partial charge in [-0.1, -0.05) is 41.4 Å². The highest BCUT2D eigenvalue weighted by Gasteiger charge is 2.25. The van der Waals surface area contributed by atoms with Gasteiger partial charge in [0.2, 0.25) is 10.0 Å². The summed E-state index contributed by atoms with van der Waals surface area (Å²) >= 11 is 6.22. The molecule has 0 spiro atoms. The van der Waals surface area contributed by atoms with Crippen LogP contribution < -0.4 is 5.32 Å². The van der Waals surface area contributed by atoms with E-state index in [9.17, 15) is 13.2 Å². The Labute approximate surface area is 183 Å². The molecule has 3 rings (SSSR count). The summed E-state index contributed by atoms with van der Waals surface area (Å²) < 4.78 is 25.9. The van der Waals surface area contributed by atoms with Crippen LogP contribution in [-0.2, 0) is 10.0 Å². The van der Waals surface area contributed by atoms with E-state index in [0.29, 0.717) is 6.54 Å². The van der Waals surface area contributed by atoms with Crippen molar-refractivity contribution in [2.24, 2.45) is 0 Å². The molecule has 0 aromatic heterocycles. The lowest BCUT2D eigenvalue weighted by Gasteiger charge is -2.28. The van der Waals surface area contributed by atoms with Gasteiger partial charge in [0.25, 0.3) is 5.91 Å². The smallest absolute Gasteiger partial charge is 0.252 e. The Hall–Kier alpha value is -1.93. The van der Waals surface area contributed by atoms with Crippen LogP contribution in [0.25, 0.3) is 0 Å². The Bertz CT molecular complexity index is 1000. The predicted octanol–water partition coefficient (Wildman–Crippen LogP) is 3.47. The standard InChI is InChI=1S/C22H28ClN3O3S/c1-16-6-8-17(9-7-16)21(26-12-4-5-13-26)15-24-22(27)19-14-18(10-11-20(19)23)30(28,29)25(2)3/h6-11,14,21H,4-5,12-13,15H2,1-3H3,(H,24,27). The molecule has 0 saturated carbocycles. The number of amides is 1. The second-order valence-corrected chi connectivity index (χ2v) is 10.4. The lowest BCUT2D eigenvalue weighted by Crippen LogP contribution is -2.37. The largest absolute Gasteiger partial charge is 0.350 e. The summed E-state index contributed by atoms with van der Waals surface area (Å²) in [6.07, 6.45) is 2.29. The molecule has 1 unspecified atom stereocenters. The lowest BCUT2D eigenvalue weighted by molar-refractivity contribution is 0.0938. The van der Waals surface area contributed by atoms with Gasteiger partial charge in [0, 0.05) is 20.6 Å². The van der Waals surface area contributed by atoms with E-state index in [-0.39, 0.29) is 27.4 Å². The predicted molar refractivity (Wildman–Crippen MR) is 119 cm³/mol. The maximum absolute atomic E-state index is 12.9. The van der Waals surface area contributed by atoms with Gasteiger partial charge in [-0.15, -0.1) is 0 Å². The molecule has 1 heterocycles. The molecule has 0 radical (unpaired) electrons. The molecule has 1 atom stereocenters. The van der Waals surface area contributed by atoms with Crippen molar-refractivity contribution < 1.29 is 13.2 Å². The summed E-state index contributed by atoms with van der Waals surface area (Å²) in [5, 5.41) is 3.18. The number of rotatable bonds is 7. The molecule has 0 bridgehead atoms. The monoisotopic (exact) mass is 449 g/mol. The second-order valence-electron chi connectivity index (χ2n) is 7.81. The van der Waals surface area contributed by atoms with Crippen molar-refractivity contribution in [2.45, 2.75) is 30.7 Å². The van der Waals surface area contributed by atoms with Gasteiger partial charge in [0.05, 0.1) is 21.5 Å². The minimum Gasteiger partial charge on any atom is -0.350 e. The minimum atomic E-state index is -3.65. The zero-order valence-electron chi connectivity index (χ0n) is 17.6. The van der Waals surface area contributed by atoms with E-state index >= 15 is 0 Å². The van der Waals surface area contributed by atoms with Crippen LogP contribution in [0.1, 0.15) is 40.4 Å². The van der Waals surface area contributed by atoms with E-state index in [2.05, 4.69) is 34.5 Å². The summed E-state index contributed by atoms with van der Waals surface area (Å²) in [5.74, 6) is -0.382. The van der Waals surface area contributed by atoms with Crippen molar-refractivity contribution in [1.82, 2.24) is 14.5 Å². The molecule has 1 aliphatic heterocycles. The first-order valence-electron chi connectivity index (χ1n) is 10.0. The van der Waals surface area contributed by atoms with E-state index in [1.54, 1.807) is 0 Å². The van der Waals surface area contributed by atoms with Gasteiger partial charge in [-0.2, -0.15) is 0 Å². The van der Waals surface area contributed by atoms with Gasteiger partial charge < -0.3 is 5.32 Å². The van der Waals surface area contributed by atoms with Crippen molar-refractivity contribution in [3.63, 3.8) is 0 Å². The third-order valence-electron chi connectivity index (χ3n) is 5.46. The van der Waals surface area contributed by atoms with Crippen molar-refractivity contribution in [3.05, 3.63) is 64.2 Å². The summed E-state index contributed by atoms with van der Waals surface area (Å²) in [6, 6.07) is 12.6. The van der Waals surface area contributed by atoms with Crippen molar-refractivity contribution in [3.8, 4) is 0 Å². The highest BCUT2D eigenvalue weighted by atomic mass is 35.5. The number of nitrogens with one attached hydrogen (secondary N) is 1. The number of carbonyl (C=O) groups is 1. The van der Waals surface area contributed by atoms with Crippen LogP contribution >= 0.6 is 11.6 Å². The molecule has 1 fully saturated rings. The summed E-state index contributed by atoms with van der Waals surface area (Å²) in [5.41, 5.74) is 2.50.